The predicted octanol–water partition coefficient (Wildman–Crippen LogP) is 1.18. The van der Waals surface area contributed by atoms with Gasteiger partial charge in [0.2, 0.25) is 0 Å². The van der Waals surface area contributed by atoms with E-state index < -0.39 is 11.9 Å². The molecule has 0 saturated carbocycles. The summed E-state index contributed by atoms with van der Waals surface area (Å²) in [5.74, 6) is -0.0375. The van der Waals surface area contributed by atoms with Crippen LogP contribution in [0.3, 0.4) is 0 Å². The number of hydrogen-bond donors (Lipinski definition) is 0. The van der Waals surface area contributed by atoms with Crippen LogP contribution in [0, 0.1) is 18.3 Å². The smallest absolute Gasteiger partial charge is 0.328 e. The largest absolute Gasteiger partial charge is 0.462 e. The van der Waals surface area contributed by atoms with Gasteiger partial charge in [0.25, 0.3) is 0 Å². The monoisotopic (exact) mass is 226 g/mol. The quantitative estimate of drug-likeness (QED) is 0.270. The molecule has 0 heterocycles. The predicted molar refractivity (Wildman–Crippen MR) is 59.7 cm³/mol. The zero-order valence-corrected chi connectivity index (χ0v) is 9.82. The summed E-state index contributed by atoms with van der Waals surface area (Å²) < 4.78 is 9.99. The van der Waals surface area contributed by atoms with Crippen LogP contribution in [0.15, 0.2) is 0 Å². The highest BCUT2D eigenvalue weighted by atomic mass is 16.6. The van der Waals surface area contributed by atoms with Gasteiger partial charge in [-0.05, 0) is 13.3 Å². The van der Waals surface area contributed by atoms with E-state index in [4.69, 9.17) is 15.9 Å². The topological polar surface area (TPSA) is 52.6 Å². The Labute approximate surface area is 96.3 Å². The maximum absolute atomic E-state index is 11.3. The van der Waals surface area contributed by atoms with Crippen molar-refractivity contribution in [3.63, 3.8) is 0 Å². The highest BCUT2D eigenvalue weighted by Crippen LogP contribution is 2.00. The highest BCUT2D eigenvalue weighted by Gasteiger charge is 2.21. The second kappa shape index (κ2) is 8.93. The lowest BCUT2D eigenvalue weighted by atomic mass is 10.1. The van der Waals surface area contributed by atoms with Crippen LogP contribution in [-0.2, 0) is 19.1 Å². The van der Waals surface area contributed by atoms with Gasteiger partial charge in [-0.1, -0.05) is 19.3 Å². The lowest BCUT2D eigenvalue weighted by molar-refractivity contribution is -0.150. The summed E-state index contributed by atoms with van der Waals surface area (Å²) in [6.07, 6.45) is 7.08. The molecule has 0 aliphatic rings. The number of unbranched alkanes of at least 4 members (excludes halogenated alkanes) is 1. The molecule has 0 aliphatic carbocycles. The van der Waals surface area contributed by atoms with Gasteiger partial charge in [-0.2, -0.15) is 0 Å². The molecule has 0 amide bonds. The van der Waals surface area contributed by atoms with Gasteiger partial charge in [0.1, 0.15) is 6.61 Å². The molecular weight excluding hydrogens is 208 g/mol. The maximum atomic E-state index is 11.3. The second-order valence-corrected chi connectivity index (χ2v) is 3.34. The molecule has 16 heavy (non-hydrogen) atoms. The van der Waals surface area contributed by atoms with Gasteiger partial charge in [0, 0.05) is 6.61 Å². The van der Waals surface area contributed by atoms with Gasteiger partial charge in [0.05, 0.1) is 6.61 Å². The van der Waals surface area contributed by atoms with Crippen molar-refractivity contribution in [3.8, 4) is 12.3 Å². The van der Waals surface area contributed by atoms with Crippen molar-refractivity contribution in [1.29, 1.82) is 0 Å². The molecule has 0 bridgehead atoms. The lowest BCUT2D eigenvalue weighted by Crippen LogP contribution is -2.24. The molecule has 0 aliphatic heterocycles. The zero-order chi connectivity index (χ0) is 12.4. The van der Waals surface area contributed by atoms with Crippen molar-refractivity contribution in [2.45, 2.75) is 26.7 Å². The van der Waals surface area contributed by atoms with E-state index >= 15 is 0 Å². The average molecular weight is 226 g/mol. The minimum absolute atomic E-state index is 0.133. The Hall–Kier alpha value is -1.34. The van der Waals surface area contributed by atoms with Crippen LogP contribution in [0.4, 0.5) is 0 Å². The van der Waals surface area contributed by atoms with Crippen molar-refractivity contribution < 1.29 is 19.1 Å². The molecule has 0 saturated heterocycles. The van der Waals surface area contributed by atoms with Gasteiger partial charge >= 0.3 is 5.97 Å². The fourth-order valence-electron chi connectivity index (χ4n) is 0.984. The summed E-state index contributed by atoms with van der Waals surface area (Å²) in [6.45, 7) is 4.45. The molecule has 0 aromatic carbocycles. The summed E-state index contributed by atoms with van der Waals surface area (Å²) in [5, 5.41) is 0. The number of ketones is 1. The fourth-order valence-corrected chi connectivity index (χ4v) is 0.984. The Morgan fingerprint density at radius 2 is 2.00 bits per heavy atom. The Morgan fingerprint density at radius 3 is 2.50 bits per heavy atom. The maximum Gasteiger partial charge on any atom is 0.328 e. The summed E-state index contributed by atoms with van der Waals surface area (Å²) in [6, 6.07) is 0. The molecule has 0 aromatic heterocycles. The van der Waals surface area contributed by atoms with Crippen LogP contribution < -0.4 is 0 Å². The molecule has 1 unspecified atom stereocenters. The van der Waals surface area contributed by atoms with Crippen LogP contribution in [0.1, 0.15) is 26.7 Å². The van der Waals surface area contributed by atoms with Gasteiger partial charge in [-0.3, -0.25) is 9.59 Å². The molecule has 0 rings (SSSR count). The van der Waals surface area contributed by atoms with Gasteiger partial charge in [-0.25, -0.2) is 0 Å². The first-order valence-electron chi connectivity index (χ1n) is 5.34. The van der Waals surface area contributed by atoms with E-state index in [0.717, 1.165) is 12.8 Å². The molecule has 90 valence electrons. The highest BCUT2D eigenvalue weighted by molar-refractivity contribution is 6.00. The minimum Gasteiger partial charge on any atom is -0.462 e. The Bertz CT molecular complexity index is 265. The standard InChI is InChI=1S/C12H18O4/c1-4-6-7-15-8-9-16-12(14)11(5-2)10(3)13/h2,11H,4,6-9H2,1,3H3. The molecule has 0 N–H and O–H groups in total. The van der Waals surface area contributed by atoms with Crippen molar-refractivity contribution in [2.24, 2.45) is 5.92 Å². The number of carbonyl (C=O) groups excluding carboxylic acids is 2. The third kappa shape index (κ3) is 6.20. The normalized spacial score (nSPS) is 11.6. The van der Waals surface area contributed by atoms with Crippen molar-refractivity contribution in [1.82, 2.24) is 0 Å². The third-order valence-corrected chi connectivity index (χ3v) is 1.92. The minimum atomic E-state index is -1.09. The number of terminal acetylenes is 1. The molecule has 0 aromatic rings. The van der Waals surface area contributed by atoms with Gasteiger partial charge in [-0.15, -0.1) is 6.42 Å². The fraction of sp³-hybridized carbons (Fsp3) is 0.667. The van der Waals surface area contributed by atoms with Gasteiger partial charge in [0.15, 0.2) is 11.7 Å². The summed E-state index contributed by atoms with van der Waals surface area (Å²) in [7, 11) is 0. The molecule has 1 atom stereocenters. The van der Waals surface area contributed by atoms with Crippen LogP contribution in [0.25, 0.3) is 0 Å². The van der Waals surface area contributed by atoms with Crippen molar-refractivity contribution >= 4 is 11.8 Å². The van der Waals surface area contributed by atoms with Crippen LogP contribution in [-0.4, -0.2) is 31.6 Å². The zero-order valence-electron chi connectivity index (χ0n) is 9.82. The van der Waals surface area contributed by atoms with E-state index in [9.17, 15) is 9.59 Å². The Kier molecular flexibility index (Phi) is 8.18. The van der Waals surface area contributed by atoms with Crippen molar-refractivity contribution in [3.05, 3.63) is 0 Å². The number of carbonyl (C=O) groups is 2. The first-order chi connectivity index (χ1) is 7.63. The number of ether oxygens (including phenoxy) is 2. The van der Waals surface area contributed by atoms with Crippen LogP contribution >= 0.6 is 0 Å². The SMILES string of the molecule is C#CC(C(C)=O)C(=O)OCCOCCCC. The Balaban J connectivity index is 3.65. The molecule has 4 nitrogen and oxygen atoms in total. The van der Waals surface area contributed by atoms with Crippen LogP contribution in [0.5, 0.6) is 0 Å². The summed E-state index contributed by atoms with van der Waals surface area (Å²) in [5.41, 5.74) is 0. The van der Waals surface area contributed by atoms with Crippen molar-refractivity contribution in [2.75, 3.05) is 19.8 Å². The first kappa shape index (κ1) is 14.7. The molecule has 0 radical (unpaired) electrons. The van der Waals surface area contributed by atoms with E-state index in [1.54, 1.807) is 0 Å². The Morgan fingerprint density at radius 1 is 1.31 bits per heavy atom. The average Bonchev–Trinajstić information content (AvgIpc) is 2.23. The first-order valence-corrected chi connectivity index (χ1v) is 5.34. The summed E-state index contributed by atoms with van der Waals surface area (Å²) >= 11 is 0. The number of rotatable bonds is 8. The molecule has 0 spiro atoms. The van der Waals surface area contributed by atoms with E-state index in [1.807, 2.05) is 0 Å². The number of esters is 1. The second-order valence-electron chi connectivity index (χ2n) is 3.34. The summed E-state index contributed by atoms with van der Waals surface area (Å²) in [4.78, 5) is 22.2. The van der Waals surface area contributed by atoms with Gasteiger partial charge < -0.3 is 9.47 Å². The van der Waals surface area contributed by atoms with E-state index in [1.165, 1.54) is 6.92 Å². The molecule has 4 heteroatoms. The number of Topliss-reactive ketones (excluding diaryl/α,β-unsaturated/α-hetero) is 1. The van der Waals surface area contributed by atoms with E-state index in [0.29, 0.717) is 13.2 Å². The third-order valence-electron chi connectivity index (χ3n) is 1.92. The lowest BCUT2D eigenvalue weighted by Gasteiger charge is -2.08. The molecule has 0 fully saturated rings. The number of hydrogen-bond acceptors (Lipinski definition) is 4. The van der Waals surface area contributed by atoms with E-state index in [-0.39, 0.29) is 12.4 Å². The molecular formula is C12H18O4. The van der Waals surface area contributed by atoms with E-state index in [2.05, 4.69) is 12.8 Å². The van der Waals surface area contributed by atoms with Crippen LogP contribution in [0.2, 0.25) is 0 Å².